The van der Waals surface area contributed by atoms with Crippen molar-refractivity contribution in [3.05, 3.63) is 23.8 Å². The number of hydrogen-bond acceptors (Lipinski definition) is 4. The number of anilines is 1. The Morgan fingerprint density at radius 3 is 3.05 bits per heavy atom. The lowest BCUT2D eigenvalue weighted by atomic mass is 10.0. The van der Waals surface area contributed by atoms with Crippen LogP contribution in [-0.2, 0) is 21.2 Å². The predicted octanol–water partition coefficient (Wildman–Crippen LogP) is 1.89. The van der Waals surface area contributed by atoms with E-state index in [1.807, 2.05) is 13.0 Å². The van der Waals surface area contributed by atoms with Crippen molar-refractivity contribution < 1.29 is 13.2 Å². The minimum Gasteiger partial charge on any atom is -0.385 e. The third-order valence-electron chi connectivity index (χ3n) is 4.14. The number of ether oxygens (including phenoxy) is 1. The maximum absolute atomic E-state index is 12.5. The van der Waals surface area contributed by atoms with E-state index in [0.29, 0.717) is 11.5 Å². The van der Waals surface area contributed by atoms with Gasteiger partial charge in [-0.15, -0.1) is 0 Å². The summed E-state index contributed by atoms with van der Waals surface area (Å²) in [5.74, 6) is 0. The van der Waals surface area contributed by atoms with Crippen LogP contribution in [0.5, 0.6) is 0 Å². The molecule has 0 spiro atoms. The number of fused-ring (bicyclic) bond motifs is 1. The minimum atomic E-state index is -3.46. The molecule has 1 fully saturated rings. The second-order valence-electron chi connectivity index (χ2n) is 5.87. The van der Waals surface area contributed by atoms with Gasteiger partial charge in [0.15, 0.2) is 0 Å². The third kappa shape index (κ3) is 3.39. The normalized spacial score (nSPS) is 26.0. The molecule has 2 unspecified atom stereocenters. The Labute approximate surface area is 126 Å². The molecule has 1 aromatic rings. The lowest BCUT2D eigenvalue weighted by Crippen LogP contribution is -2.41. The molecule has 1 aromatic carbocycles. The Balaban J connectivity index is 1.78. The topological polar surface area (TPSA) is 67.4 Å². The van der Waals surface area contributed by atoms with Crippen molar-refractivity contribution in [1.82, 2.24) is 4.72 Å². The summed E-state index contributed by atoms with van der Waals surface area (Å²) in [6, 6.07) is 5.34. The van der Waals surface area contributed by atoms with Crippen molar-refractivity contribution in [2.24, 2.45) is 0 Å². The van der Waals surface area contributed by atoms with Gasteiger partial charge in [-0.1, -0.05) is 6.07 Å². The van der Waals surface area contributed by atoms with Crippen LogP contribution in [0.4, 0.5) is 5.69 Å². The van der Waals surface area contributed by atoms with Gasteiger partial charge in [-0.05, 0) is 50.3 Å². The summed E-state index contributed by atoms with van der Waals surface area (Å²) < 4.78 is 33.3. The van der Waals surface area contributed by atoms with E-state index in [1.165, 1.54) is 5.56 Å². The third-order valence-corrected chi connectivity index (χ3v) is 5.66. The van der Waals surface area contributed by atoms with Gasteiger partial charge in [-0.25, -0.2) is 13.1 Å². The highest BCUT2D eigenvalue weighted by molar-refractivity contribution is 7.89. The molecule has 6 heteroatoms. The second-order valence-corrected chi connectivity index (χ2v) is 7.59. The van der Waals surface area contributed by atoms with Crippen LogP contribution in [0.1, 0.15) is 31.7 Å². The molecule has 2 heterocycles. The zero-order valence-corrected chi connectivity index (χ0v) is 13.1. The van der Waals surface area contributed by atoms with Crippen molar-refractivity contribution in [3.63, 3.8) is 0 Å². The molecule has 2 N–H and O–H groups in total. The van der Waals surface area contributed by atoms with Crippen LogP contribution >= 0.6 is 0 Å². The minimum absolute atomic E-state index is 0.0391. The number of nitrogens with one attached hydrogen (secondary N) is 2. The summed E-state index contributed by atoms with van der Waals surface area (Å²) in [6.07, 6.45) is 3.66. The fourth-order valence-electron chi connectivity index (χ4n) is 3.00. The van der Waals surface area contributed by atoms with Crippen LogP contribution in [0.25, 0.3) is 0 Å². The summed E-state index contributed by atoms with van der Waals surface area (Å²) >= 11 is 0. The zero-order chi connectivity index (χ0) is 14.9. The molecule has 0 amide bonds. The van der Waals surface area contributed by atoms with E-state index in [4.69, 9.17) is 4.74 Å². The van der Waals surface area contributed by atoms with Crippen molar-refractivity contribution >= 4 is 15.7 Å². The van der Waals surface area contributed by atoms with Gasteiger partial charge < -0.3 is 10.1 Å². The Bertz CT molecular complexity index is 615. The fourth-order valence-corrected chi connectivity index (χ4v) is 4.31. The molecule has 3 rings (SSSR count). The first-order valence-corrected chi connectivity index (χ1v) is 9.04. The van der Waals surface area contributed by atoms with Crippen LogP contribution in [0.2, 0.25) is 0 Å². The lowest BCUT2D eigenvalue weighted by molar-refractivity contribution is 0.0173. The first-order chi connectivity index (χ1) is 10.0. The smallest absolute Gasteiger partial charge is 0.240 e. The monoisotopic (exact) mass is 310 g/mol. The summed E-state index contributed by atoms with van der Waals surface area (Å²) in [7, 11) is -3.46. The molecular formula is C15H22N2O3S. The van der Waals surface area contributed by atoms with E-state index in [1.54, 1.807) is 12.1 Å². The average molecular weight is 310 g/mol. The highest BCUT2D eigenvalue weighted by atomic mass is 32.2. The number of hydrogen-bond donors (Lipinski definition) is 2. The van der Waals surface area contributed by atoms with E-state index in [2.05, 4.69) is 10.0 Å². The molecule has 1 saturated heterocycles. The van der Waals surface area contributed by atoms with Gasteiger partial charge in [0.25, 0.3) is 0 Å². The Kier molecular flexibility index (Phi) is 4.19. The van der Waals surface area contributed by atoms with Crippen molar-refractivity contribution in [2.75, 3.05) is 18.5 Å². The molecule has 116 valence electrons. The largest absolute Gasteiger partial charge is 0.385 e. The van der Waals surface area contributed by atoms with Crippen molar-refractivity contribution in [3.8, 4) is 0 Å². The highest BCUT2D eigenvalue weighted by Gasteiger charge is 2.25. The van der Waals surface area contributed by atoms with Crippen LogP contribution < -0.4 is 10.0 Å². The molecule has 0 aromatic heterocycles. The van der Waals surface area contributed by atoms with Crippen molar-refractivity contribution in [1.29, 1.82) is 0 Å². The van der Waals surface area contributed by atoms with Crippen LogP contribution in [0.3, 0.4) is 0 Å². The van der Waals surface area contributed by atoms with Crippen LogP contribution in [-0.4, -0.2) is 33.7 Å². The average Bonchev–Trinajstić information content (AvgIpc) is 2.46. The number of sulfonamides is 1. The summed E-state index contributed by atoms with van der Waals surface area (Å²) in [5.41, 5.74) is 2.14. The van der Waals surface area contributed by atoms with Gasteiger partial charge in [0.05, 0.1) is 11.0 Å². The SMILES string of the molecule is CC1CC(NS(=O)(=O)c2ccc3c(c2)NCCC3)CCO1. The maximum Gasteiger partial charge on any atom is 0.240 e. The lowest BCUT2D eigenvalue weighted by Gasteiger charge is -2.28. The van der Waals surface area contributed by atoms with E-state index >= 15 is 0 Å². The highest BCUT2D eigenvalue weighted by Crippen LogP contribution is 2.25. The Morgan fingerprint density at radius 1 is 1.38 bits per heavy atom. The molecule has 0 bridgehead atoms. The fraction of sp³-hybridized carbons (Fsp3) is 0.600. The standard InChI is InChI=1S/C15H22N2O3S/c1-11-9-13(6-8-20-11)17-21(18,19)14-5-4-12-3-2-7-16-15(12)10-14/h4-5,10-11,13,16-17H,2-3,6-9H2,1H3. The van der Waals surface area contributed by atoms with Gasteiger partial charge in [-0.2, -0.15) is 0 Å². The zero-order valence-electron chi connectivity index (χ0n) is 12.3. The molecule has 0 saturated carbocycles. The first-order valence-electron chi connectivity index (χ1n) is 7.55. The molecule has 2 aliphatic rings. The van der Waals surface area contributed by atoms with E-state index < -0.39 is 10.0 Å². The maximum atomic E-state index is 12.5. The van der Waals surface area contributed by atoms with Gasteiger partial charge in [0.1, 0.15) is 0 Å². The van der Waals surface area contributed by atoms with E-state index in [9.17, 15) is 8.42 Å². The molecule has 5 nitrogen and oxygen atoms in total. The van der Waals surface area contributed by atoms with E-state index in [0.717, 1.165) is 37.9 Å². The molecular weight excluding hydrogens is 288 g/mol. The Morgan fingerprint density at radius 2 is 2.24 bits per heavy atom. The quantitative estimate of drug-likeness (QED) is 0.894. The van der Waals surface area contributed by atoms with Gasteiger partial charge in [-0.3, -0.25) is 0 Å². The van der Waals surface area contributed by atoms with Crippen LogP contribution in [0, 0.1) is 0 Å². The predicted molar refractivity (Wildman–Crippen MR) is 82.0 cm³/mol. The molecule has 2 atom stereocenters. The summed E-state index contributed by atoms with van der Waals surface area (Å²) in [5, 5.41) is 3.27. The van der Waals surface area contributed by atoms with E-state index in [-0.39, 0.29) is 12.1 Å². The summed E-state index contributed by atoms with van der Waals surface area (Å²) in [6.45, 7) is 3.49. The first kappa shape index (κ1) is 14.8. The second kappa shape index (κ2) is 5.94. The van der Waals surface area contributed by atoms with Gasteiger partial charge >= 0.3 is 0 Å². The van der Waals surface area contributed by atoms with Crippen molar-refractivity contribution in [2.45, 2.75) is 49.6 Å². The molecule has 0 radical (unpaired) electrons. The van der Waals surface area contributed by atoms with Crippen LogP contribution in [0.15, 0.2) is 23.1 Å². The molecule has 0 aliphatic carbocycles. The van der Waals surface area contributed by atoms with Gasteiger partial charge in [0, 0.05) is 24.9 Å². The number of rotatable bonds is 3. The molecule has 21 heavy (non-hydrogen) atoms. The van der Waals surface area contributed by atoms with Gasteiger partial charge in [0.2, 0.25) is 10.0 Å². The number of aryl methyl sites for hydroxylation is 1. The summed E-state index contributed by atoms with van der Waals surface area (Å²) in [4.78, 5) is 0.342. The molecule has 2 aliphatic heterocycles. The number of benzene rings is 1. The Hall–Kier alpha value is -1.11.